The van der Waals surface area contributed by atoms with Crippen LogP contribution in [0.2, 0.25) is 0 Å². The fourth-order valence-electron chi connectivity index (χ4n) is 8.45. The third-order valence-electron chi connectivity index (χ3n) is 11.7. The minimum Gasteiger partial charge on any atom is -0.360 e. The van der Waals surface area contributed by atoms with Gasteiger partial charge in [0, 0.05) is 96.1 Å². The molecule has 6 aromatic rings. The highest BCUT2D eigenvalue weighted by Gasteiger charge is 2.31. The molecule has 16 heteroatoms. The van der Waals surface area contributed by atoms with E-state index in [1.54, 1.807) is 44.6 Å². The molecule has 0 aliphatic carbocycles. The Bertz CT molecular complexity index is 2710. The van der Waals surface area contributed by atoms with Gasteiger partial charge in [-0.1, -0.05) is 43.3 Å². The highest BCUT2D eigenvalue weighted by Crippen LogP contribution is 2.43. The summed E-state index contributed by atoms with van der Waals surface area (Å²) < 4.78 is 34.1. The van der Waals surface area contributed by atoms with E-state index >= 15 is 0 Å². The monoisotopic (exact) mass is 872 g/mol. The van der Waals surface area contributed by atoms with Crippen LogP contribution in [0.5, 0.6) is 0 Å². The molecule has 1 fully saturated rings. The summed E-state index contributed by atoms with van der Waals surface area (Å²) in [6, 6.07) is 17.4. The van der Waals surface area contributed by atoms with Crippen molar-refractivity contribution in [2.24, 2.45) is 0 Å². The maximum Gasteiger partial charge on any atom is 0.264 e. The summed E-state index contributed by atoms with van der Waals surface area (Å²) in [6.07, 6.45) is 4.29. The number of imide groups is 1. The van der Waals surface area contributed by atoms with Crippen molar-refractivity contribution in [2.75, 3.05) is 32.6 Å². The third-order valence-corrected chi connectivity index (χ3v) is 11.7. The number of likely N-dealkylation sites (N-methyl/N-ethyl adjacent to an activating group) is 1. The molecular formula is C48H50F2N8O6. The number of hydrogen-bond donors (Lipinski definition) is 4. The quantitative estimate of drug-likeness (QED) is 0.0661. The number of aromatic nitrogens is 3. The maximum absolute atomic E-state index is 14.3. The van der Waals surface area contributed by atoms with Gasteiger partial charge in [-0.3, -0.25) is 39.2 Å². The molecule has 1 saturated heterocycles. The van der Waals surface area contributed by atoms with Crippen molar-refractivity contribution in [2.45, 2.75) is 71.0 Å². The predicted octanol–water partition coefficient (Wildman–Crippen LogP) is 7.66. The lowest BCUT2D eigenvalue weighted by Crippen LogP contribution is -2.51. The Labute approximate surface area is 368 Å². The van der Waals surface area contributed by atoms with E-state index in [2.05, 4.69) is 55.9 Å². The maximum atomic E-state index is 14.3. The van der Waals surface area contributed by atoms with E-state index in [9.17, 15) is 32.8 Å². The minimum atomic E-state index is -2.69. The highest BCUT2D eigenvalue weighted by atomic mass is 19.3. The van der Waals surface area contributed by atoms with Crippen LogP contribution < -0.4 is 20.9 Å². The molecule has 2 aliphatic rings. The number of H-pyrrole nitrogens is 1. The van der Waals surface area contributed by atoms with Crippen LogP contribution in [0.25, 0.3) is 33.4 Å². The van der Waals surface area contributed by atoms with Gasteiger partial charge < -0.3 is 25.0 Å². The van der Waals surface area contributed by atoms with Crippen LogP contribution >= 0.6 is 0 Å². The average Bonchev–Trinajstić information content (AvgIpc) is 3.95. The van der Waals surface area contributed by atoms with Gasteiger partial charge in [-0.15, -0.1) is 0 Å². The molecule has 0 radical (unpaired) electrons. The lowest BCUT2D eigenvalue weighted by Gasteiger charge is -2.33. The zero-order valence-corrected chi connectivity index (χ0v) is 36.3. The van der Waals surface area contributed by atoms with Crippen molar-refractivity contribution in [3.63, 3.8) is 0 Å². The van der Waals surface area contributed by atoms with Gasteiger partial charge in [-0.2, -0.15) is 0 Å². The first-order chi connectivity index (χ1) is 30.8. The van der Waals surface area contributed by atoms with Crippen molar-refractivity contribution in [1.82, 2.24) is 36.0 Å². The standard InChI is InChI=1S/C29H28F2N4O2.C19H22N4O4/c1-16(2)21-10-20(11-23-25(29(37)32-3)14-34-27(21)23)35-8-4-5-17-9-22(24(28(30)31)12-26(17)35)18-6-7-19(15-36)33-13-18;1-20-9-13-8-17(27-22-13)14-5-3-4-12(11-24)15(14)10-23(2)16-6-7-18(25)21-19(16)26/h6-7,9-16,28,34H,4-5,8H2,1-3H3,(H,32,37);3-5,8,11,16,20H,6-7,9-10H2,1-2H3,(H,21,25,26). The molecular weight excluding hydrogens is 823 g/mol. The van der Waals surface area contributed by atoms with Crippen LogP contribution in [-0.4, -0.2) is 84.0 Å². The van der Waals surface area contributed by atoms with Crippen LogP contribution in [0.15, 0.2) is 77.6 Å². The van der Waals surface area contributed by atoms with E-state index in [1.807, 2.05) is 36.2 Å². The van der Waals surface area contributed by atoms with Gasteiger partial charge in [-0.25, -0.2) is 8.78 Å². The normalized spacial score (nSPS) is 15.0. The van der Waals surface area contributed by atoms with Crippen LogP contribution in [0.4, 0.5) is 20.2 Å². The molecule has 332 valence electrons. The number of fused-ring (bicyclic) bond motifs is 2. The first kappa shape index (κ1) is 45.1. The number of nitrogens with zero attached hydrogens (tertiary/aromatic N) is 4. The van der Waals surface area contributed by atoms with E-state index in [0.717, 1.165) is 69.4 Å². The summed E-state index contributed by atoms with van der Waals surface area (Å²) in [4.78, 5) is 69.9. The molecule has 0 saturated carbocycles. The number of piperidine rings is 1. The Morgan fingerprint density at radius 3 is 2.50 bits per heavy atom. The number of hydrogen-bond acceptors (Lipinski definition) is 11. The second kappa shape index (κ2) is 19.6. The van der Waals surface area contributed by atoms with E-state index < -0.39 is 12.5 Å². The number of carbonyl (C=O) groups excluding carboxylic acids is 5. The van der Waals surface area contributed by atoms with Gasteiger partial charge in [0.1, 0.15) is 12.0 Å². The van der Waals surface area contributed by atoms with E-state index in [-0.39, 0.29) is 34.9 Å². The van der Waals surface area contributed by atoms with Gasteiger partial charge in [-0.05, 0) is 91.9 Å². The minimum absolute atomic E-state index is 0.0795. The fraction of sp³-hybridized carbons (Fsp3) is 0.312. The predicted molar refractivity (Wildman–Crippen MR) is 239 cm³/mol. The van der Waals surface area contributed by atoms with Gasteiger partial charge in [0.2, 0.25) is 11.8 Å². The van der Waals surface area contributed by atoms with Crippen LogP contribution in [-0.2, 0) is 29.1 Å². The van der Waals surface area contributed by atoms with Crippen molar-refractivity contribution < 1.29 is 37.3 Å². The second-order valence-corrected chi connectivity index (χ2v) is 16.2. The third kappa shape index (κ3) is 9.38. The number of carbonyl (C=O) groups is 5. The summed E-state index contributed by atoms with van der Waals surface area (Å²) in [5.41, 5.74) is 9.04. The summed E-state index contributed by atoms with van der Waals surface area (Å²) in [7, 11) is 5.22. The van der Waals surface area contributed by atoms with Crippen molar-refractivity contribution in [1.29, 1.82) is 0 Å². The topological polar surface area (TPSA) is 183 Å². The molecule has 1 unspecified atom stereocenters. The van der Waals surface area contributed by atoms with Crippen LogP contribution in [0.1, 0.15) is 105 Å². The smallest absolute Gasteiger partial charge is 0.264 e. The lowest BCUT2D eigenvalue weighted by atomic mass is 9.91. The number of anilines is 2. The van der Waals surface area contributed by atoms with Crippen LogP contribution in [0, 0.1) is 0 Å². The number of aldehydes is 2. The Morgan fingerprint density at radius 1 is 1.02 bits per heavy atom. The molecule has 64 heavy (non-hydrogen) atoms. The number of aryl methyl sites for hydroxylation is 1. The summed E-state index contributed by atoms with van der Waals surface area (Å²) >= 11 is 0. The molecule has 14 nitrogen and oxygen atoms in total. The average molecular weight is 873 g/mol. The van der Waals surface area contributed by atoms with Gasteiger partial charge in [0.25, 0.3) is 12.3 Å². The Morgan fingerprint density at radius 2 is 1.83 bits per heavy atom. The number of nitrogens with one attached hydrogen (secondary N) is 4. The number of benzene rings is 3. The van der Waals surface area contributed by atoms with Gasteiger partial charge >= 0.3 is 0 Å². The van der Waals surface area contributed by atoms with E-state index in [4.69, 9.17) is 4.52 Å². The molecule has 1 atom stereocenters. The van der Waals surface area contributed by atoms with Gasteiger partial charge in [0.15, 0.2) is 12.0 Å². The van der Waals surface area contributed by atoms with Crippen molar-refractivity contribution in [3.05, 3.63) is 118 Å². The Balaban J connectivity index is 0.000000201. The number of pyridine rings is 1. The first-order valence-corrected chi connectivity index (χ1v) is 21.1. The van der Waals surface area contributed by atoms with Crippen LogP contribution in [0.3, 0.4) is 0 Å². The first-order valence-electron chi connectivity index (χ1n) is 21.1. The fourth-order valence-corrected chi connectivity index (χ4v) is 8.45. The zero-order chi connectivity index (χ0) is 45.7. The number of halogens is 2. The van der Waals surface area contributed by atoms with E-state index in [1.165, 1.54) is 12.3 Å². The molecule has 3 aromatic carbocycles. The second-order valence-electron chi connectivity index (χ2n) is 16.2. The Kier molecular flexibility index (Phi) is 13.9. The molecule has 3 aromatic heterocycles. The summed E-state index contributed by atoms with van der Waals surface area (Å²) in [6.45, 7) is 5.79. The molecule has 0 spiro atoms. The van der Waals surface area contributed by atoms with Crippen molar-refractivity contribution >= 4 is 52.6 Å². The number of amides is 3. The van der Waals surface area contributed by atoms with Crippen molar-refractivity contribution in [3.8, 4) is 22.5 Å². The molecule has 3 amide bonds. The zero-order valence-electron chi connectivity index (χ0n) is 36.3. The molecule has 2 aliphatic heterocycles. The molecule has 0 bridgehead atoms. The summed E-state index contributed by atoms with van der Waals surface area (Å²) in [5, 5.41) is 12.9. The van der Waals surface area contributed by atoms with E-state index in [0.29, 0.717) is 66.8 Å². The molecule has 4 N–H and O–H groups in total. The van der Waals surface area contributed by atoms with Gasteiger partial charge in [0.05, 0.1) is 17.3 Å². The molecule has 8 rings (SSSR count). The number of aromatic amines is 1. The lowest BCUT2D eigenvalue weighted by molar-refractivity contribution is -0.137. The Hall–Kier alpha value is -6.91. The summed E-state index contributed by atoms with van der Waals surface area (Å²) in [5.74, 6) is 0.00237. The largest absolute Gasteiger partial charge is 0.360 e. The molecule has 5 heterocycles. The number of alkyl halides is 2. The highest BCUT2D eigenvalue weighted by molar-refractivity contribution is 6.08. The SMILES string of the molecule is CNC(=O)c1c[nH]c2c(C(C)C)cc(N3CCCc4cc(-c5ccc(C=O)nc5)c(C(F)F)cc43)cc12.CNCc1cc(-c2cccc(C=O)c2CN(C)C2CCC(=O)NC2=O)on1. The number of rotatable bonds is 13.